The number of anilines is 4. The van der Waals surface area contributed by atoms with Gasteiger partial charge >= 0.3 is 0 Å². The van der Waals surface area contributed by atoms with Crippen molar-refractivity contribution in [3.63, 3.8) is 0 Å². The fourth-order valence-corrected chi connectivity index (χ4v) is 7.17. The Morgan fingerprint density at radius 3 is 1.83 bits per heavy atom. The van der Waals surface area contributed by atoms with E-state index in [4.69, 9.17) is 0 Å². The van der Waals surface area contributed by atoms with E-state index < -0.39 is 0 Å². The van der Waals surface area contributed by atoms with Crippen LogP contribution in [0.1, 0.15) is 68.6 Å². The molecule has 3 aliphatic rings. The second-order valence-electron chi connectivity index (χ2n) is 12.0. The normalized spacial score (nSPS) is 15.3. The molecule has 3 nitrogen and oxygen atoms in total. The number of fused-ring (bicyclic) bond motifs is 4. The average Bonchev–Trinajstić information content (AvgIpc) is 3.04. The number of para-hydroxylation sites is 2. The van der Waals surface area contributed by atoms with Gasteiger partial charge in [-0.05, 0) is 133 Å². The third kappa shape index (κ3) is 4.41. The average molecular weight is 547 g/mol. The molecule has 0 N–H and O–H groups in total. The van der Waals surface area contributed by atoms with Crippen LogP contribution in [0.4, 0.5) is 22.7 Å². The molecule has 5 aromatic carbocycles. The maximum atomic E-state index is 13.7. The van der Waals surface area contributed by atoms with E-state index in [1.54, 1.807) is 0 Å². The Kier molecular flexibility index (Phi) is 6.18. The summed E-state index contributed by atoms with van der Waals surface area (Å²) in [6.07, 6.45) is 6.40. The molecule has 0 atom stereocenters. The van der Waals surface area contributed by atoms with E-state index in [2.05, 4.69) is 119 Å². The molecule has 0 radical (unpaired) electrons. The van der Waals surface area contributed by atoms with Gasteiger partial charge in [-0.25, -0.2) is 0 Å². The third-order valence-corrected chi connectivity index (χ3v) is 9.34. The molecule has 206 valence electrons. The molecule has 3 heteroatoms. The smallest absolute Gasteiger partial charge is 0.193 e. The monoisotopic (exact) mass is 546 g/mol. The Morgan fingerprint density at radius 2 is 1.10 bits per heavy atom. The lowest BCUT2D eigenvalue weighted by molar-refractivity contribution is 0.103. The summed E-state index contributed by atoms with van der Waals surface area (Å²) in [5.41, 5.74) is 14.2. The van der Waals surface area contributed by atoms with Crippen molar-refractivity contribution in [1.29, 1.82) is 0 Å². The van der Waals surface area contributed by atoms with E-state index in [0.29, 0.717) is 0 Å². The highest BCUT2D eigenvalue weighted by molar-refractivity contribution is 6.12. The lowest BCUT2D eigenvalue weighted by Gasteiger charge is -2.31. The summed E-state index contributed by atoms with van der Waals surface area (Å²) in [5.74, 6) is 0.182. The number of nitrogens with zero attached hydrogens (tertiary/aromatic N) is 2. The molecule has 0 amide bonds. The number of rotatable bonds is 4. The Balaban J connectivity index is 1.12. The fourth-order valence-electron chi connectivity index (χ4n) is 7.17. The Hall–Kier alpha value is -4.63. The molecule has 8 rings (SSSR count). The van der Waals surface area contributed by atoms with Gasteiger partial charge in [0.2, 0.25) is 0 Å². The van der Waals surface area contributed by atoms with Crippen LogP contribution in [-0.2, 0) is 19.3 Å². The summed E-state index contributed by atoms with van der Waals surface area (Å²) in [6.45, 7) is 2.23. The summed E-state index contributed by atoms with van der Waals surface area (Å²) < 4.78 is 0. The SMILES string of the molecule is O=C1c2ccc(N3CCCCC3)cc2Cc2cc3c(cc21)Cc1ccc(N(c2ccccc2)c2ccccc2)cc1C3. The molecule has 1 saturated heterocycles. The molecule has 0 spiro atoms. The van der Waals surface area contributed by atoms with Crippen LogP contribution >= 0.6 is 0 Å². The number of hydrogen-bond donors (Lipinski definition) is 0. The van der Waals surface area contributed by atoms with Crippen molar-refractivity contribution in [3.8, 4) is 0 Å². The summed E-state index contributed by atoms with van der Waals surface area (Å²) in [7, 11) is 0. The molecule has 0 bridgehead atoms. The minimum absolute atomic E-state index is 0.182. The third-order valence-electron chi connectivity index (χ3n) is 9.34. The van der Waals surface area contributed by atoms with E-state index in [0.717, 1.165) is 54.9 Å². The molecule has 0 unspecified atom stereocenters. The van der Waals surface area contributed by atoms with Crippen molar-refractivity contribution in [2.45, 2.75) is 38.5 Å². The number of carbonyl (C=O) groups is 1. The number of hydrogen-bond acceptors (Lipinski definition) is 3. The number of benzene rings is 5. The molecule has 42 heavy (non-hydrogen) atoms. The van der Waals surface area contributed by atoms with Crippen LogP contribution in [0.25, 0.3) is 0 Å². The van der Waals surface area contributed by atoms with Crippen LogP contribution < -0.4 is 9.80 Å². The molecule has 1 aliphatic heterocycles. The van der Waals surface area contributed by atoms with E-state index in [1.807, 2.05) is 0 Å². The zero-order chi connectivity index (χ0) is 28.0. The van der Waals surface area contributed by atoms with Gasteiger partial charge in [0, 0.05) is 47.0 Å². The van der Waals surface area contributed by atoms with Gasteiger partial charge in [0.25, 0.3) is 0 Å². The van der Waals surface area contributed by atoms with Gasteiger partial charge in [-0.3, -0.25) is 4.79 Å². The molecule has 1 heterocycles. The lowest BCUT2D eigenvalue weighted by atomic mass is 9.78. The minimum atomic E-state index is 0.182. The molecule has 0 aromatic heterocycles. The summed E-state index contributed by atoms with van der Waals surface area (Å²) in [5, 5.41) is 0. The highest BCUT2D eigenvalue weighted by Crippen LogP contribution is 2.39. The van der Waals surface area contributed by atoms with Crippen molar-refractivity contribution in [2.75, 3.05) is 22.9 Å². The largest absolute Gasteiger partial charge is 0.372 e. The minimum Gasteiger partial charge on any atom is -0.372 e. The Bertz CT molecular complexity index is 1760. The van der Waals surface area contributed by atoms with Gasteiger partial charge in [0.05, 0.1) is 0 Å². The van der Waals surface area contributed by atoms with Crippen molar-refractivity contribution in [2.24, 2.45) is 0 Å². The predicted molar refractivity (Wildman–Crippen MR) is 172 cm³/mol. The van der Waals surface area contributed by atoms with Crippen LogP contribution in [0.2, 0.25) is 0 Å². The lowest BCUT2D eigenvalue weighted by Crippen LogP contribution is -2.29. The standard InChI is InChI=1S/C39H34N2O/c42-39-37-17-16-35(40-18-8-3-9-19-40)25-32(37)23-31-22-28-21-29-24-36(15-14-27(29)20-30(28)26-38(31)39)41(33-10-4-1-5-11-33)34-12-6-2-7-13-34/h1-2,4-7,10-17,22,24-26H,3,8-9,18-21,23H2. The summed E-state index contributed by atoms with van der Waals surface area (Å²) in [4.78, 5) is 18.5. The van der Waals surface area contributed by atoms with E-state index in [-0.39, 0.29) is 5.78 Å². The molecule has 2 aliphatic carbocycles. The summed E-state index contributed by atoms with van der Waals surface area (Å²) in [6, 6.07) is 39.1. The molecular weight excluding hydrogens is 512 g/mol. The van der Waals surface area contributed by atoms with Crippen LogP contribution in [0.15, 0.2) is 109 Å². The van der Waals surface area contributed by atoms with E-state index in [9.17, 15) is 4.79 Å². The van der Waals surface area contributed by atoms with Gasteiger partial charge in [0.1, 0.15) is 0 Å². The first-order chi connectivity index (χ1) is 20.7. The van der Waals surface area contributed by atoms with Gasteiger partial charge in [-0.1, -0.05) is 48.5 Å². The molecule has 0 saturated carbocycles. The number of piperidine rings is 1. The Morgan fingerprint density at radius 1 is 0.476 bits per heavy atom. The highest BCUT2D eigenvalue weighted by Gasteiger charge is 2.28. The number of carbonyl (C=O) groups excluding carboxylic acids is 1. The summed E-state index contributed by atoms with van der Waals surface area (Å²) >= 11 is 0. The van der Waals surface area contributed by atoms with Gasteiger partial charge in [-0.15, -0.1) is 0 Å². The maximum absolute atomic E-state index is 13.7. The van der Waals surface area contributed by atoms with Crippen LogP contribution in [0, 0.1) is 0 Å². The Labute approximate surface area is 248 Å². The van der Waals surface area contributed by atoms with Crippen LogP contribution in [0.3, 0.4) is 0 Å². The van der Waals surface area contributed by atoms with Crippen LogP contribution in [0.5, 0.6) is 0 Å². The zero-order valence-corrected chi connectivity index (χ0v) is 23.9. The zero-order valence-electron chi connectivity index (χ0n) is 23.9. The molecule has 5 aromatic rings. The highest BCUT2D eigenvalue weighted by atomic mass is 16.1. The van der Waals surface area contributed by atoms with E-state index in [1.165, 1.54) is 64.0 Å². The van der Waals surface area contributed by atoms with Crippen molar-refractivity contribution < 1.29 is 4.79 Å². The first-order valence-electron chi connectivity index (χ1n) is 15.3. The number of ketones is 1. The molecule has 1 fully saturated rings. The second kappa shape index (κ2) is 10.3. The van der Waals surface area contributed by atoms with Gasteiger partial charge in [0.15, 0.2) is 5.78 Å². The van der Waals surface area contributed by atoms with Gasteiger partial charge < -0.3 is 9.80 Å². The van der Waals surface area contributed by atoms with Crippen molar-refractivity contribution in [1.82, 2.24) is 0 Å². The van der Waals surface area contributed by atoms with E-state index >= 15 is 0 Å². The maximum Gasteiger partial charge on any atom is 0.193 e. The molecular formula is C39H34N2O. The second-order valence-corrected chi connectivity index (χ2v) is 12.0. The first-order valence-corrected chi connectivity index (χ1v) is 15.3. The topological polar surface area (TPSA) is 23.6 Å². The van der Waals surface area contributed by atoms with Crippen molar-refractivity contribution >= 4 is 28.5 Å². The quantitative estimate of drug-likeness (QED) is 0.220. The van der Waals surface area contributed by atoms with Gasteiger partial charge in [-0.2, -0.15) is 0 Å². The fraction of sp³-hybridized carbons (Fsp3) is 0.205. The first kappa shape index (κ1) is 25.1. The predicted octanol–water partition coefficient (Wildman–Crippen LogP) is 8.78. The van der Waals surface area contributed by atoms with Crippen LogP contribution in [-0.4, -0.2) is 18.9 Å². The van der Waals surface area contributed by atoms with Crippen molar-refractivity contribution in [3.05, 3.63) is 154 Å².